The van der Waals surface area contributed by atoms with Gasteiger partial charge in [-0.15, -0.1) is 0 Å². The fourth-order valence-corrected chi connectivity index (χ4v) is 4.54. The van der Waals surface area contributed by atoms with Crippen LogP contribution in [0.1, 0.15) is 23.1 Å². The maximum Gasteiger partial charge on any atom is 0.182 e. The Labute approximate surface area is 129 Å². The number of anilines is 1. The average molecular weight is 322 g/mol. The fraction of sp³-hybridized carbons (Fsp3) is 0.250. The molecule has 110 valence electrons. The average Bonchev–Trinajstić information content (AvgIpc) is 2.90. The van der Waals surface area contributed by atoms with Crippen LogP contribution in [0.15, 0.2) is 41.3 Å². The molecule has 3 rings (SSSR count). The van der Waals surface area contributed by atoms with Crippen molar-refractivity contribution >= 4 is 27.1 Å². The van der Waals surface area contributed by atoms with Gasteiger partial charge in [-0.25, -0.2) is 8.42 Å². The van der Waals surface area contributed by atoms with Crippen LogP contribution in [-0.2, 0) is 28.4 Å². The van der Waals surface area contributed by atoms with Gasteiger partial charge in [-0.05, 0) is 54.7 Å². The quantitative estimate of drug-likeness (QED) is 0.881. The Hall–Kier alpha value is -1.52. The molecule has 0 saturated heterocycles. The molecule has 0 radical (unpaired) electrons. The molecular weight excluding hydrogens is 306 g/mol. The van der Waals surface area contributed by atoms with Gasteiger partial charge in [-0.2, -0.15) is 0 Å². The van der Waals surface area contributed by atoms with Crippen LogP contribution >= 0.6 is 11.6 Å². The minimum atomic E-state index is -3.44. The summed E-state index contributed by atoms with van der Waals surface area (Å²) >= 11 is 6.07. The van der Waals surface area contributed by atoms with E-state index in [1.54, 1.807) is 30.3 Å². The molecule has 0 aliphatic heterocycles. The third kappa shape index (κ3) is 2.78. The lowest BCUT2D eigenvalue weighted by atomic mass is 10.1. The number of aryl methyl sites for hydroxylation is 2. The van der Waals surface area contributed by atoms with E-state index in [1.165, 1.54) is 5.56 Å². The van der Waals surface area contributed by atoms with Crippen LogP contribution < -0.4 is 5.73 Å². The monoisotopic (exact) mass is 321 g/mol. The molecule has 1 aliphatic carbocycles. The number of sulfone groups is 1. The zero-order valence-electron chi connectivity index (χ0n) is 11.5. The van der Waals surface area contributed by atoms with Crippen molar-refractivity contribution in [3.05, 3.63) is 58.1 Å². The molecule has 0 unspecified atom stereocenters. The number of nitrogen functional groups attached to an aromatic ring is 1. The van der Waals surface area contributed by atoms with Crippen LogP contribution in [0.5, 0.6) is 0 Å². The van der Waals surface area contributed by atoms with Crippen molar-refractivity contribution in [2.45, 2.75) is 29.9 Å². The summed E-state index contributed by atoms with van der Waals surface area (Å²) in [6.45, 7) is 0. The maximum absolute atomic E-state index is 12.6. The van der Waals surface area contributed by atoms with Gasteiger partial charge in [-0.3, -0.25) is 0 Å². The summed E-state index contributed by atoms with van der Waals surface area (Å²) in [7, 11) is -3.44. The van der Waals surface area contributed by atoms with Crippen molar-refractivity contribution in [1.82, 2.24) is 0 Å². The van der Waals surface area contributed by atoms with Gasteiger partial charge in [0.05, 0.1) is 10.6 Å². The van der Waals surface area contributed by atoms with Crippen molar-refractivity contribution in [2.24, 2.45) is 0 Å². The van der Waals surface area contributed by atoms with E-state index in [1.807, 2.05) is 6.07 Å². The lowest BCUT2D eigenvalue weighted by Gasteiger charge is -2.10. The van der Waals surface area contributed by atoms with Crippen molar-refractivity contribution in [3.8, 4) is 0 Å². The molecule has 0 saturated carbocycles. The van der Waals surface area contributed by atoms with Crippen LogP contribution in [-0.4, -0.2) is 8.42 Å². The van der Waals surface area contributed by atoms with E-state index in [2.05, 4.69) is 0 Å². The molecule has 2 aromatic carbocycles. The van der Waals surface area contributed by atoms with Gasteiger partial charge in [-0.1, -0.05) is 23.7 Å². The van der Waals surface area contributed by atoms with Crippen molar-refractivity contribution in [1.29, 1.82) is 0 Å². The van der Waals surface area contributed by atoms with E-state index in [-0.39, 0.29) is 5.75 Å². The van der Waals surface area contributed by atoms with E-state index in [9.17, 15) is 8.42 Å². The molecule has 0 heterocycles. The van der Waals surface area contributed by atoms with Gasteiger partial charge >= 0.3 is 0 Å². The Morgan fingerprint density at radius 2 is 1.86 bits per heavy atom. The number of halogens is 1. The third-order valence-electron chi connectivity index (χ3n) is 3.92. The van der Waals surface area contributed by atoms with Crippen LogP contribution in [0.2, 0.25) is 5.02 Å². The summed E-state index contributed by atoms with van der Waals surface area (Å²) in [4.78, 5) is 0.350. The Balaban J connectivity index is 1.98. The molecular formula is C16H16ClNO2S. The van der Waals surface area contributed by atoms with E-state index < -0.39 is 9.84 Å². The second kappa shape index (κ2) is 5.35. The molecule has 0 spiro atoms. The molecule has 0 bridgehead atoms. The van der Waals surface area contributed by atoms with E-state index in [0.29, 0.717) is 21.2 Å². The Bertz CT molecular complexity index is 780. The summed E-state index contributed by atoms with van der Waals surface area (Å²) < 4.78 is 25.2. The second-order valence-corrected chi connectivity index (χ2v) is 7.75. The highest BCUT2D eigenvalue weighted by Gasteiger charge is 2.21. The predicted molar refractivity (Wildman–Crippen MR) is 85.2 cm³/mol. The van der Waals surface area contributed by atoms with Gasteiger partial charge < -0.3 is 5.73 Å². The van der Waals surface area contributed by atoms with Crippen molar-refractivity contribution < 1.29 is 8.42 Å². The summed E-state index contributed by atoms with van der Waals surface area (Å²) in [5.74, 6) is -0.169. The molecule has 0 amide bonds. The summed E-state index contributed by atoms with van der Waals surface area (Å²) in [5, 5.41) is 0.389. The van der Waals surface area contributed by atoms with Crippen LogP contribution in [0.4, 0.5) is 5.69 Å². The first-order valence-electron chi connectivity index (χ1n) is 6.85. The topological polar surface area (TPSA) is 60.2 Å². The largest absolute Gasteiger partial charge is 0.398 e. The highest BCUT2D eigenvalue weighted by atomic mass is 35.5. The SMILES string of the molecule is Nc1cccc(Cl)c1CS(=O)(=O)c1ccc2c(c1)CCC2. The number of hydrogen-bond donors (Lipinski definition) is 1. The number of hydrogen-bond acceptors (Lipinski definition) is 3. The fourth-order valence-electron chi connectivity index (χ4n) is 2.74. The smallest absolute Gasteiger partial charge is 0.182 e. The Morgan fingerprint density at radius 3 is 2.62 bits per heavy atom. The first-order chi connectivity index (χ1) is 9.97. The van der Waals surface area contributed by atoms with Gasteiger partial charge in [0.15, 0.2) is 9.84 Å². The maximum atomic E-state index is 12.6. The first-order valence-corrected chi connectivity index (χ1v) is 8.88. The molecule has 1 aliphatic rings. The van der Waals surface area contributed by atoms with Gasteiger partial charge in [0, 0.05) is 16.3 Å². The minimum Gasteiger partial charge on any atom is -0.398 e. The predicted octanol–water partition coefficient (Wildman–Crippen LogP) is 3.38. The lowest BCUT2D eigenvalue weighted by molar-refractivity contribution is 0.595. The summed E-state index contributed by atoms with van der Waals surface area (Å²) in [6, 6.07) is 10.4. The zero-order chi connectivity index (χ0) is 15.0. The molecule has 0 fully saturated rings. The molecule has 2 N–H and O–H groups in total. The molecule has 3 nitrogen and oxygen atoms in total. The van der Waals surface area contributed by atoms with Crippen molar-refractivity contribution in [2.75, 3.05) is 5.73 Å². The number of benzene rings is 2. The second-order valence-electron chi connectivity index (χ2n) is 5.35. The third-order valence-corrected chi connectivity index (χ3v) is 5.91. The van der Waals surface area contributed by atoms with E-state index in [0.717, 1.165) is 24.8 Å². The first kappa shape index (κ1) is 14.4. The highest BCUT2D eigenvalue weighted by molar-refractivity contribution is 7.90. The lowest BCUT2D eigenvalue weighted by Crippen LogP contribution is -2.08. The number of nitrogens with two attached hydrogens (primary N) is 1. The number of fused-ring (bicyclic) bond motifs is 1. The van der Waals surface area contributed by atoms with Crippen molar-refractivity contribution in [3.63, 3.8) is 0 Å². The molecule has 21 heavy (non-hydrogen) atoms. The van der Waals surface area contributed by atoms with E-state index >= 15 is 0 Å². The zero-order valence-corrected chi connectivity index (χ0v) is 13.0. The molecule has 0 aromatic heterocycles. The normalized spacial score (nSPS) is 14.1. The summed E-state index contributed by atoms with van der Waals surface area (Å²) in [6.07, 6.45) is 3.08. The standard InChI is InChI=1S/C16H16ClNO2S/c17-15-5-2-6-16(18)14(15)10-21(19,20)13-8-7-11-3-1-4-12(11)9-13/h2,5-9H,1,3-4,10,18H2. The van der Waals surface area contributed by atoms with Crippen LogP contribution in [0, 0.1) is 0 Å². The minimum absolute atomic E-state index is 0.169. The molecule has 2 aromatic rings. The van der Waals surface area contributed by atoms with Crippen LogP contribution in [0.3, 0.4) is 0 Å². The molecule has 5 heteroatoms. The number of rotatable bonds is 3. The van der Waals surface area contributed by atoms with Crippen LogP contribution in [0.25, 0.3) is 0 Å². The van der Waals surface area contributed by atoms with Gasteiger partial charge in [0.25, 0.3) is 0 Å². The van der Waals surface area contributed by atoms with Gasteiger partial charge in [0.1, 0.15) is 0 Å². The Kier molecular flexibility index (Phi) is 3.68. The molecule has 0 atom stereocenters. The van der Waals surface area contributed by atoms with E-state index in [4.69, 9.17) is 17.3 Å². The summed E-state index contributed by atoms with van der Waals surface area (Å²) in [5.41, 5.74) is 9.13. The van der Waals surface area contributed by atoms with Gasteiger partial charge in [0.2, 0.25) is 0 Å². The highest BCUT2D eigenvalue weighted by Crippen LogP contribution is 2.29. The Morgan fingerprint density at radius 1 is 1.10 bits per heavy atom.